The predicted octanol–water partition coefficient (Wildman–Crippen LogP) is 0.711. The van der Waals surface area contributed by atoms with Crippen molar-refractivity contribution in [2.45, 2.75) is 12.8 Å². The fourth-order valence-corrected chi connectivity index (χ4v) is 2.07. The minimum Gasteiger partial charge on any atom is -0.480 e. The smallest absolute Gasteiger partial charge is 0.341 e. The SMILES string of the molecule is O=C(O)COc1ccccc1NC(=O)CN1CCCC1=O. The van der Waals surface area contributed by atoms with Crippen molar-refractivity contribution in [1.82, 2.24) is 4.90 Å². The molecule has 21 heavy (non-hydrogen) atoms. The van der Waals surface area contributed by atoms with Gasteiger partial charge in [0.1, 0.15) is 5.75 Å². The van der Waals surface area contributed by atoms with Gasteiger partial charge in [-0.25, -0.2) is 4.79 Å². The number of ether oxygens (including phenoxy) is 1. The number of nitrogens with one attached hydrogen (secondary N) is 1. The lowest BCUT2D eigenvalue weighted by Gasteiger charge is -2.16. The molecule has 0 unspecified atom stereocenters. The van der Waals surface area contributed by atoms with Gasteiger partial charge in [0.25, 0.3) is 0 Å². The number of carbonyl (C=O) groups excluding carboxylic acids is 2. The number of likely N-dealkylation sites (tertiary alicyclic amines) is 1. The van der Waals surface area contributed by atoms with Crippen LogP contribution < -0.4 is 10.1 Å². The van der Waals surface area contributed by atoms with Crippen LogP contribution in [0.4, 0.5) is 5.69 Å². The Balaban J connectivity index is 1.96. The van der Waals surface area contributed by atoms with E-state index in [1.54, 1.807) is 24.3 Å². The largest absolute Gasteiger partial charge is 0.480 e. The highest BCUT2D eigenvalue weighted by Gasteiger charge is 2.22. The Labute approximate surface area is 121 Å². The maximum Gasteiger partial charge on any atom is 0.341 e. The van der Waals surface area contributed by atoms with Gasteiger partial charge in [0.2, 0.25) is 11.8 Å². The molecule has 1 fully saturated rings. The predicted molar refractivity (Wildman–Crippen MR) is 74.0 cm³/mol. The number of hydrogen-bond acceptors (Lipinski definition) is 4. The van der Waals surface area contributed by atoms with Crippen molar-refractivity contribution in [3.63, 3.8) is 0 Å². The molecule has 1 aliphatic heterocycles. The fourth-order valence-electron chi connectivity index (χ4n) is 2.07. The summed E-state index contributed by atoms with van der Waals surface area (Å²) in [6, 6.07) is 6.56. The molecule has 0 atom stereocenters. The molecule has 0 bridgehead atoms. The van der Waals surface area contributed by atoms with E-state index in [2.05, 4.69) is 5.32 Å². The topological polar surface area (TPSA) is 95.9 Å². The molecule has 0 spiro atoms. The highest BCUT2D eigenvalue weighted by Crippen LogP contribution is 2.23. The van der Waals surface area contributed by atoms with Crippen molar-refractivity contribution in [1.29, 1.82) is 0 Å². The Kier molecular flexibility index (Phi) is 4.76. The molecule has 1 aliphatic rings. The van der Waals surface area contributed by atoms with Gasteiger partial charge in [-0.05, 0) is 18.6 Å². The van der Waals surface area contributed by atoms with Gasteiger partial charge in [-0.1, -0.05) is 12.1 Å². The lowest BCUT2D eigenvalue weighted by Crippen LogP contribution is -2.34. The zero-order valence-electron chi connectivity index (χ0n) is 11.4. The molecular formula is C14H16N2O5. The Morgan fingerprint density at radius 3 is 2.76 bits per heavy atom. The first-order valence-corrected chi connectivity index (χ1v) is 6.57. The molecule has 1 aromatic carbocycles. The van der Waals surface area contributed by atoms with Crippen LogP contribution in [0.15, 0.2) is 24.3 Å². The normalized spacial score (nSPS) is 14.1. The molecule has 1 aromatic rings. The van der Waals surface area contributed by atoms with E-state index < -0.39 is 12.6 Å². The molecule has 1 heterocycles. The number of carbonyl (C=O) groups is 3. The van der Waals surface area contributed by atoms with E-state index in [9.17, 15) is 14.4 Å². The maximum absolute atomic E-state index is 11.9. The van der Waals surface area contributed by atoms with Crippen molar-refractivity contribution < 1.29 is 24.2 Å². The van der Waals surface area contributed by atoms with Crippen LogP contribution in [-0.2, 0) is 14.4 Å². The number of para-hydroxylation sites is 2. The average molecular weight is 292 g/mol. The highest BCUT2D eigenvalue weighted by molar-refractivity contribution is 5.96. The monoisotopic (exact) mass is 292 g/mol. The van der Waals surface area contributed by atoms with E-state index in [1.165, 1.54) is 4.90 Å². The quantitative estimate of drug-likeness (QED) is 0.805. The molecule has 0 aliphatic carbocycles. The Morgan fingerprint density at radius 2 is 2.10 bits per heavy atom. The first-order valence-electron chi connectivity index (χ1n) is 6.57. The molecule has 2 N–H and O–H groups in total. The van der Waals surface area contributed by atoms with Gasteiger partial charge >= 0.3 is 5.97 Å². The average Bonchev–Trinajstić information content (AvgIpc) is 2.83. The zero-order chi connectivity index (χ0) is 15.2. The van der Waals surface area contributed by atoms with E-state index in [4.69, 9.17) is 9.84 Å². The van der Waals surface area contributed by atoms with E-state index in [-0.39, 0.29) is 24.1 Å². The van der Waals surface area contributed by atoms with Gasteiger partial charge in [-0.15, -0.1) is 0 Å². The van der Waals surface area contributed by atoms with Crippen LogP contribution in [0.25, 0.3) is 0 Å². The third-order valence-electron chi connectivity index (χ3n) is 3.02. The molecule has 0 aromatic heterocycles. The molecule has 2 amide bonds. The number of benzene rings is 1. The third-order valence-corrected chi connectivity index (χ3v) is 3.02. The molecular weight excluding hydrogens is 276 g/mol. The van der Waals surface area contributed by atoms with Crippen molar-refractivity contribution in [2.75, 3.05) is 25.0 Å². The minimum absolute atomic E-state index is 0.00784. The van der Waals surface area contributed by atoms with E-state index in [1.807, 2.05) is 0 Å². The first kappa shape index (κ1) is 14.8. The maximum atomic E-state index is 11.9. The van der Waals surface area contributed by atoms with Gasteiger partial charge < -0.3 is 20.1 Å². The van der Waals surface area contributed by atoms with Crippen LogP contribution in [0.2, 0.25) is 0 Å². The Bertz CT molecular complexity index is 558. The summed E-state index contributed by atoms with van der Waals surface area (Å²) in [5, 5.41) is 11.2. The number of carboxylic acids is 1. The minimum atomic E-state index is -1.10. The van der Waals surface area contributed by atoms with Crippen molar-refractivity contribution in [3.05, 3.63) is 24.3 Å². The van der Waals surface area contributed by atoms with Gasteiger partial charge in [-0.3, -0.25) is 9.59 Å². The Morgan fingerprint density at radius 1 is 1.33 bits per heavy atom. The second-order valence-electron chi connectivity index (χ2n) is 4.65. The van der Waals surface area contributed by atoms with E-state index in [0.717, 1.165) is 6.42 Å². The van der Waals surface area contributed by atoms with Crippen LogP contribution in [-0.4, -0.2) is 47.5 Å². The molecule has 1 saturated heterocycles. The van der Waals surface area contributed by atoms with Crippen molar-refractivity contribution in [2.24, 2.45) is 0 Å². The van der Waals surface area contributed by atoms with Crippen LogP contribution in [0, 0.1) is 0 Å². The summed E-state index contributed by atoms with van der Waals surface area (Å²) in [5.74, 6) is -1.18. The number of nitrogens with zero attached hydrogens (tertiary/aromatic N) is 1. The number of aliphatic carboxylic acids is 1. The summed E-state index contributed by atoms with van der Waals surface area (Å²) >= 11 is 0. The summed E-state index contributed by atoms with van der Waals surface area (Å²) in [6.07, 6.45) is 1.25. The van der Waals surface area contributed by atoms with E-state index >= 15 is 0 Å². The highest BCUT2D eigenvalue weighted by atomic mass is 16.5. The number of amides is 2. The van der Waals surface area contributed by atoms with Gasteiger partial charge in [-0.2, -0.15) is 0 Å². The molecule has 0 saturated carbocycles. The number of hydrogen-bond donors (Lipinski definition) is 2. The molecule has 0 radical (unpaired) electrons. The summed E-state index contributed by atoms with van der Waals surface area (Å²) in [7, 11) is 0. The molecule has 7 nitrogen and oxygen atoms in total. The number of rotatable bonds is 6. The van der Waals surface area contributed by atoms with Crippen LogP contribution in [0.5, 0.6) is 5.75 Å². The fraction of sp³-hybridized carbons (Fsp3) is 0.357. The standard InChI is InChI=1S/C14H16N2O5/c17-12(8-16-7-3-6-13(16)18)15-10-4-1-2-5-11(10)21-9-14(19)20/h1-2,4-5H,3,6-9H2,(H,15,17)(H,19,20). The molecule has 112 valence electrons. The zero-order valence-corrected chi connectivity index (χ0v) is 11.4. The van der Waals surface area contributed by atoms with Crippen LogP contribution in [0.3, 0.4) is 0 Å². The second kappa shape index (κ2) is 6.74. The summed E-state index contributed by atoms with van der Waals surface area (Å²) in [6.45, 7) is 0.0903. The van der Waals surface area contributed by atoms with E-state index in [0.29, 0.717) is 18.7 Å². The first-order chi connectivity index (χ1) is 10.1. The summed E-state index contributed by atoms with van der Waals surface area (Å²) in [4.78, 5) is 35.4. The van der Waals surface area contributed by atoms with Crippen molar-refractivity contribution >= 4 is 23.5 Å². The van der Waals surface area contributed by atoms with Gasteiger partial charge in [0.15, 0.2) is 6.61 Å². The number of anilines is 1. The van der Waals surface area contributed by atoms with Gasteiger partial charge in [0.05, 0.1) is 12.2 Å². The Hall–Kier alpha value is -2.57. The third kappa shape index (κ3) is 4.20. The molecule has 7 heteroatoms. The van der Waals surface area contributed by atoms with Gasteiger partial charge in [0, 0.05) is 13.0 Å². The lowest BCUT2D eigenvalue weighted by molar-refractivity contribution is -0.139. The second-order valence-corrected chi connectivity index (χ2v) is 4.65. The lowest BCUT2D eigenvalue weighted by atomic mass is 10.3. The summed E-state index contributed by atoms with van der Waals surface area (Å²) in [5.41, 5.74) is 0.385. The van der Waals surface area contributed by atoms with Crippen LogP contribution in [0.1, 0.15) is 12.8 Å². The van der Waals surface area contributed by atoms with Crippen molar-refractivity contribution in [3.8, 4) is 5.75 Å². The molecule has 2 rings (SSSR count). The number of carboxylic acid groups (broad SMARTS) is 1. The summed E-state index contributed by atoms with van der Waals surface area (Å²) < 4.78 is 5.10. The van der Waals surface area contributed by atoms with Crippen LogP contribution >= 0.6 is 0 Å².